The highest BCUT2D eigenvalue weighted by Gasteiger charge is 2.35. The summed E-state index contributed by atoms with van der Waals surface area (Å²) in [7, 11) is 0. The van der Waals surface area contributed by atoms with E-state index >= 15 is 0 Å². The van der Waals surface area contributed by atoms with Crippen molar-refractivity contribution in [3.63, 3.8) is 0 Å². The van der Waals surface area contributed by atoms with Gasteiger partial charge >= 0.3 is 12.2 Å². The van der Waals surface area contributed by atoms with E-state index in [1.807, 2.05) is 24.3 Å². The van der Waals surface area contributed by atoms with Crippen molar-refractivity contribution in [2.45, 2.75) is 32.4 Å². The predicted octanol–water partition coefficient (Wildman–Crippen LogP) is 4.53. The van der Waals surface area contributed by atoms with Crippen LogP contribution in [0.4, 0.5) is 23.7 Å². The van der Waals surface area contributed by atoms with E-state index in [-0.39, 0.29) is 16.8 Å². The van der Waals surface area contributed by atoms with Crippen LogP contribution in [0.25, 0.3) is 6.08 Å². The molecule has 0 aromatic heterocycles. The zero-order valence-electron chi connectivity index (χ0n) is 17.7. The maximum absolute atomic E-state index is 12.8. The zero-order valence-corrected chi connectivity index (χ0v) is 17.7. The van der Waals surface area contributed by atoms with Gasteiger partial charge in [0.05, 0.1) is 5.56 Å². The molecular weight excluding hydrogens is 423 g/mol. The van der Waals surface area contributed by atoms with Crippen LogP contribution in [0.3, 0.4) is 0 Å². The van der Waals surface area contributed by atoms with Crippen molar-refractivity contribution in [1.82, 2.24) is 10.2 Å². The van der Waals surface area contributed by atoms with Gasteiger partial charge in [-0.05, 0) is 40.8 Å². The molecule has 3 rings (SSSR count). The van der Waals surface area contributed by atoms with Crippen molar-refractivity contribution in [2.75, 3.05) is 11.9 Å². The molecule has 2 aromatic carbocycles. The molecule has 168 valence electrons. The highest BCUT2D eigenvalue weighted by atomic mass is 19.4. The minimum absolute atomic E-state index is 0.00498. The first-order chi connectivity index (χ1) is 14.8. The molecule has 0 bridgehead atoms. The van der Waals surface area contributed by atoms with Gasteiger partial charge in [0.2, 0.25) is 5.91 Å². The molecule has 0 atom stereocenters. The number of halogens is 3. The minimum atomic E-state index is -4.56. The van der Waals surface area contributed by atoms with Gasteiger partial charge in [0.25, 0.3) is 5.91 Å². The van der Waals surface area contributed by atoms with Gasteiger partial charge in [-0.15, -0.1) is 0 Å². The lowest BCUT2D eigenvalue weighted by Gasteiger charge is -2.18. The Bertz CT molecular complexity index is 1080. The Labute approximate surface area is 183 Å². The highest BCUT2D eigenvalue weighted by Crippen LogP contribution is 2.30. The quantitative estimate of drug-likeness (QED) is 0.536. The summed E-state index contributed by atoms with van der Waals surface area (Å²) in [6.07, 6.45) is -3.06. The molecule has 1 fully saturated rings. The second kappa shape index (κ2) is 8.49. The lowest BCUT2D eigenvalue weighted by Crippen LogP contribution is -2.38. The van der Waals surface area contributed by atoms with Crippen LogP contribution >= 0.6 is 0 Å². The van der Waals surface area contributed by atoms with Crippen LogP contribution in [0.5, 0.6) is 0 Å². The number of anilines is 1. The van der Waals surface area contributed by atoms with Gasteiger partial charge in [-0.1, -0.05) is 51.1 Å². The molecule has 4 amide bonds. The molecule has 0 radical (unpaired) electrons. The predicted molar refractivity (Wildman–Crippen MR) is 113 cm³/mol. The van der Waals surface area contributed by atoms with Gasteiger partial charge in [0.1, 0.15) is 12.2 Å². The minimum Gasteiger partial charge on any atom is -0.325 e. The second-order valence-corrected chi connectivity index (χ2v) is 8.38. The van der Waals surface area contributed by atoms with Crippen molar-refractivity contribution in [3.8, 4) is 0 Å². The first-order valence-corrected chi connectivity index (χ1v) is 9.77. The van der Waals surface area contributed by atoms with Crippen LogP contribution in [0.1, 0.15) is 37.5 Å². The lowest BCUT2D eigenvalue weighted by atomic mass is 9.87. The van der Waals surface area contributed by atoms with Gasteiger partial charge in [-0.25, -0.2) is 9.69 Å². The average molecular weight is 445 g/mol. The molecule has 0 spiro atoms. The number of nitrogens with zero attached hydrogens (tertiary/aromatic N) is 1. The number of benzene rings is 2. The van der Waals surface area contributed by atoms with E-state index in [0.717, 1.165) is 23.8 Å². The maximum atomic E-state index is 12.8. The Hall–Kier alpha value is -3.62. The summed E-state index contributed by atoms with van der Waals surface area (Å²) < 4.78 is 38.4. The molecule has 0 unspecified atom stereocenters. The SMILES string of the molecule is CC(C)(C)c1ccc(/C=C2\NC(=O)N(CC(=O)Nc3cccc(C(F)(F)F)c3)C2=O)cc1. The monoisotopic (exact) mass is 445 g/mol. The van der Waals surface area contributed by atoms with Crippen molar-refractivity contribution in [2.24, 2.45) is 0 Å². The van der Waals surface area contributed by atoms with Crippen LogP contribution in [0.2, 0.25) is 0 Å². The molecule has 0 aliphatic carbocycles. The summed E-state index contributed by atoms with van der Waals surface area (Å²) in [6.45, 7) is 5.58. The topological polar surface area (TPSA) is 78.5 Å². The number of hydrogen-bond donors (Lipinski definition) is 2. The van der Waals surface area contributed by atoms with Crippen molar-refractivity contribution < 1.29 is 27.6 Å². The molecule has 9 heteroatoms. The van der Waals surface area contributed by atoms with Gasteiger partial charge in [-0.2, -0.15) is 13.2 Å². The highest BCUT2D eigenvalue weighted by molar-refractivity contribution is 6.15. The summed E-state index contributed by atoms with van der Waals surface area (Å²) in [4.78, 5) is 37.7. The number of alkyl halides is 3. The first kappa shape index (κ1) is 23.1. The van der Waals surface area contributed by atoms with Crippen LogP contribution in [-0.4, -0.2) is 29.3 Å². The number of amides is 4. The molecule has 1 aliphatic rings. The molecule has 1 saturated heterocycles. The largest absolute Gasteiger partial charge is 0.416 e. The van der Waals surface area contributed by atoms with E-state index in [4.69, 9.17) is 0 Å². The summed E-state index contributed by atoms with van der Waals surface area (Å²) in [6, 6.07) is 10.8. The summed E-state index contributed by atoms with van der Waals surface area (Å²) >= 11 is 0. The van der Waals surface area contributed by atoms with E-state index in [0.29, 0.717) is 10.5 Å². The second-order valence-electron chi connectivity index (χ2n) is 8.38. The number of urea groups is 1. The summed E-state index contributed by atoms with van der Waals surface area (Å²) in [5.41, 5.74) is 0.753. The Morgan fingerprint density at radius 1 is 1.03 bits per heavy atom. The molecule has 2 aromatic rings. The van der Waals surface area contributed by atoms with E-state index in [1.54, 1.807) is 0 Å². The van der Waals surface area contributed by atoms with Gasteiger partial charge in [-0.3, -0.25) is 9.59 Å². The van der Waals surface area contributed by atoms with E-state index in [9.17, 15) is 27.6 Å². The fourth-order valence-corrected chi connectivity index (χ4v) is 3.08. The van der Waals surface area contributed by atoms with Gasteiger partial charge < -0.3 is 10.6 Å². The number of nitrogens with one attached hydrogen (secondary N) is 2. The molecule has 32 heavy (non-hydrogen) atoms. The number of carbonyl (C=O) groups excluding carboxylic acids is 3. The average Bonchev–Trinajstić information content (AvgIpc) is 2.94. The van der Waals surface area contributed by atoms with Crippen molar-refractivity contribution in [3.05, 3.63) is 70.9 Å². The standard InChI is InChI=1S/C23H22F3N3O3/c1-22(2,3)15-9-7-14(8-10-15)11-18-20(31)29(21(32)28-18)13-19(30)27-17-6-4-5-16(12-17)23(24,25)26/h4-12H,13H2,1-3H3,(H,27,30)(H,28,32)/b18-11-. The van der Waals surface area contributed by atoms with Crippen LogP contribution in [0, 0.1) is 0 Å². The third-order valence-electron chi connectivity index (χ3n) is 4.83. The molecule has 0 saturated carbocycles. The first-order valence-electron chi connectivity index (χ1n) is 9.77. The summed E-state index contributed by atoms with van der Waals surface area (Å²) in [5, 5.41) is 4.69. The Kier molecular flexibility index (Phi) is 6.11. The molecular formula is C23H22F3N3O3. The van der Waals surface area contributed by atoms with Gasteiger partial charge in [0, 0.05) is 5.69 Å². The lowest BCUT2D eigenvalue weighted by molar-refractivity contribution is -0.137. The van der Waals surface area contributed by atoms with E-state index in [2.05, 4.69) is 31.4 Å². The molecule has 2 N–H and O–H groups in total. The van der Waals surface area contributed by atoms with Gasteiger partial charge in [0.15, 0.2) is 0 Å². The zero-order chi connectivity index (χ0) is 23.7. The third kappa shape index (κ3) is 5.35. The smallest absolute Gasteiger partial charge is 0.325 e. The van der Waals surface area contributed by atoms with E-state index < -0.39 is 36.1 Å². The number of carbonyl (C=O) groups is 3. The van der Waals surface area contributed by atoms with Crippen molar-refractivity contribution in [1.29, 1.82) is 0 Å². The maximum Gasteiger partial charge on any atom is 0.416 e. The van der Waals surface area contributed by atoms with Crippen LogP contribution < -0.4 is 10.6 Å². The number of rotatable bonds is 4. The normalized spacial score (nSPS) is 15.8. The Morgan fingerprint density at radius 3 is 2.28 bits per heavy atom. The van der Waals surface area contributed by atoms with Crippen LogP contribution in [-0.2, 0) is 21.2 Å². The fraction of sp³-hybridized carbons (Fsp3) is 0.261. The van der Waals surface area contributed by atoms with Crippen molar-refractivity contribution >= 4 is 29.6 Å². The third-order valence-corrected chi connectivity index (χ3v) is 4.83. The molecule has 6 nitrogen and oxygen atoms in total. The Morgan fingerprint density at radius 2 is 1.69 bits per heavy atom. The molecule has 1 heterocycles. The fourth-order valence-electron chi connectivity index (χ4n) is 3.08. The summed E-state index contributed by atoms with van der Waals surface area (Å²) in [5.74, 6) is -1.50. The molecule has 1 aliphatic heterocycles. The Balaban J connectivity index is 1.68. The number of imide groups is 1. The number of hydrogen-bond acceptors (Lipinski definition) is 3. The van der Waals surface area contributed by atoms with Crippen LogP contribution in [0.15, 0.2) is 54.2 Å². The van der Waals surface area contributed by atoms with E-state index in [1.165, 1.54) is 12.1 Å².